The Balaban J connectivity index is 1.64. The highest BCUT2D eigenvalue weighted by molar-refractivity contribution is 5.79. The van der Waals surface area contributed by atoms with E-state index in [1.807, 2.05) is 43.6 Å². The van der Waals surface area contributed by atoms with Gasteiger partial charge >= 0.3 is 0 Å². The normalized spacial score (nSPS) is 11.3. The number of benzene rings is 1. The average Bonchev–Trinajstić information content (AvgIpc) is 3.21. The van der Waals surface area contributed by atoms with Gasteiger partial charge in [0, 0.05) is 49.9 Å². The quantitative estimate of drug-likeness (QED) is 0.463. The number of ether oxygens (including phenoxy) is 1. The highest BCUT2D eigenvalue weighted by atomic mass is 19.1. The molecule has 6 nitrogen and oxygen atoms in total. The van der Waals surface area contributed by atoms with Crippen LogP contribution in [0.2, 0.25) is 0 Å². The summed E-state index contributed by atoms with van der Waals surface area (Å²) in [6.07, 6.45) is 5.69. The van der Waals surface area contributed by atoms with Crippen LogP contribution in [-0.2, 0) is 13.1 Å². The minimum absolute atomic E-state index is 0.352. The molecule has 1 aromatic carbocycles. The Kier molecular flexibility index (Phi) is 7.01. The van der Waals surface area contributed by atoms with Gasteiger partial charge in [0.2, 0.25) is 5.88 Å². The Bertz CT molecular complexity index is 895. The smallest absolute Gasteiger partial charge is 0.224 e. The maximum atomic E-state index is 13.4. The fraction of sp³-hybridized carbons (Fsp3) is 0.238. The lowest BCUT2D eigenvalue weighted by atomic mass is 10.2. The van der Waals surface area contributed by atoms with E-state index in [1.165, 1.54) is 12.1 Å². The van der Waals surface area contributed by atoms with Crippen LogP contribution in [0.1, 0.15) is 12.5 Å². The summed E-state index contributed by atoms with van der Waals surface area (Å²) in [5, 5.41) is 6.54. The van der Waals surface area contributed by atoms with Gasteiger partial charge in [-0.1, -0.05) is 12.1 Å². The van der Waals surface area contributed by atoms with E-state index in [4.69, 9.17) is 4.74 Å². The van der Waals surface area contributed by atoms with Crippen LogP contribution in [-0.4, -0.2) is 28.6 Å². The van der Waals surface area contributed by atoms with Gasteiger partial charge in [-0.25, -0.2) is 14.4 Å². The number of nitrogens with one attached hydrogen (secondary N) is 2. The Labute approximate surface area is 164 Å². The van der Waals surface area contributed by atoms with Gasteiger partial charge in [-0.05, 0) is 37.3 Å². The number of aromatic nitrogens is 2. The highest BCUT2D eigenvalue weighted by Gasteiger charge is 2.07. The fourth-order valence-corrected chi connectivity index (χ4v) is 2.61. The minimum Gasteiger partial charge on any atom is -0.439 e. The lowest BCUT2D eigenvalue weighted by Crippen LogP contribution is -2.38. The molecule has 0 unspecified atom stereocenters. The number of hydrogen-bond donors (Lipinski definition) is 2. The molecule has 0 aliphatic rings. The van der Waals surface area contributed by atoms with Crippen molar-refractivity contribution in [2.45, 2.75) is 20.0 Å². The number of guanidine groups is 1. The van der Waals surface area contributed by atoms with Crippen molar-refractivity contribution in [3.05, 3.63) is 78.5 Å². The lowest BCUT2D eigenvalue weighted by molar-refractivity contribution is 0.452. The van der Waals surface area contributed by atoms with Crippen LogP contribution in [0.4, 0.5) is 4.39 Å². The van der Waals surface area contributed by atoms with E-state index in [9.17, 15) is 4.39 Å². The molecule has 0 amide bonds. The summed E-state index contributed by atoms with van der Waals surface area (Å²) in [7, 11) is 0. The predicted molar refractivity (Wildman–Crippen MR) is 108 cm³/mol. The van der Waals surface area contributed by atoms with Gasteiger partial charge in [0.05, 0.1) is 6.54 Å². The molecule has 0 saturated carbocycles. The zero-order chi connectivity index (χ0) is 19.6. The molecule has 146 valence electrons. The van der Waals surface area contributed by atoms with Gasteiger partial charge in [0.15, 0.2) is 5.96 Å². The van der Waals surface area contributed by atoms with Gasteiger partial charge in [0.1, 0.15) is 11.6 Å². The molecule has 0 saturated heterocycles. The van der Waals surface area contributed by atoms with Crippen molar-refractivity contribution < 1.29 is 9.13 Å². The number of nitrogens with zero attached hydrogens (tertiary/aromatic N) is 3. The third kappa shape index (κ3) is 5.84. The summed E-state index contributed by atoms with van der Waals surface area (Å²) in [5.74, 6) is 1.19. The van der Waals surface area contributed by atoms with Crippen LogP contribution in [0.3, 0.4) is 0 Å². The van der Waals surface area contributed by atoms with E-state index in [-0.39, 0.29) is 5.82 Å². The summed E-state index contributed by atoms with van der Waals surface area (Å²) >= 11 is 0. The standard InChI is InChI=1S/C21H24FN5O/c1-2-23-21(25-11-14-27-12-3-4-13-27)26-16-17-7-6-10-24-20(17)28-19-9-5-8-18(22)15-19/h3-10,12-13,15H,2,11,14,16H2,1H3,(H2,23,25,26). The van der Waals surface area contributed by atoms with Crippen molar-refractivity contribution in [1.29, 1.82) is 0 Å². The van der Waals surface area contributed by atoms with Crippen molar-refractivity contribution in [3.8, 4) is 11.6 Å². The van der Waals surface area contributed by atoms with Crippen molar-refractivity contribution >= 4 is 5.96 Å². The SMILES string of the molecule is CCNC(=NCc1cccnc1Oc1cccc(F)c1)NCCn1cccc1. The second-order valence-corrected chi connectivity index (χ2v) is 6.07. The Morgan fingerprint density at radius 3 is 2.79 bits per heavy atom. The molecule has 3 aromatic rings. The second-order valence-electron chi connectivity index (χ2n) is 6.07. The maximum Gasteiger partial charge on any atom is 0.224 e. The zero-order valence-corrected chi connectivity index (χ0v) is 15.8. The third-order valence-electron chi connectivity index (χ3n) is 3.94. The first-order valence-electron chi connectivity index (χ1n) is 9.25. The van der Waals surface area contributed by atoms with E-state index < -0.39 is 0 Å². The molecule has 0 aliphatic carbocycles. The topological polar surface area (TPSA) is 63.5 Å². The Morgan fingerprint density at radius 2 is 2.00 bits per heavy atom. The summed E-state index contributed by atoms with van der Waals surface area (Å²) in [4.78, 5) is 8.88. The van der Waals surface area contributed by atoms with Crippen molar-refractivity contribution in [2.75, 3.05) is 13.1 Å². The van der Waals surface area contributed by atoms with Gasteiger partial charge in [-0.2, -0.15) is 0 Å². The van der Waals surface area contributed by atoms with Gasteiger partial charge < -0.3 is 19.9 Å². The second kappa shape index (κ2) is 10.1. The van der Waals surface area contributed by atoms with Crippen molar-refractivity contribution in [1.82, 2.24) is 20.2 Å². The van der Waals surface area contributed by atoms with Gasteiger partial charge in [0.25, 0.3) is 0 Å². The number of hydrogen-bond acceptors (Lipinski definition) is 3. The molecule has 0 spiro atoms. The van der Waals surface area contributed by atoms with E-state index in [1.54, 1.807) is 18.3 Å². The third-order valence-corrected chi connectivity index (χ3v) is 3.94. The molecule has 0 aliphatic heterocycles. The fourth-order valence-electron chi connectivity index (χ4n) is 2.61. The molecule has 2 aromatic heterocycles. The monoisotopic (exact) mass is 381 g/mol. The minimum atomic E-state index is -0.352. The molecule has 2 N–H and O–H groups in total. The van der Waals surface area contributed by atoms with Gasteiger partial charge in [-0.15, -0.1) is 0 Å². The molecular weight excluding hydrogens is 357 g/mol. The molecule has 3 rings (SSSR count). The number of pyridine rings is 1. The van der Waals surface area contributed by atoms with Gasteiger partial charge in [-0.3, -0.25) is 0 Å². The Morgan fingerprint density at radius 1 is 1.14 bits per heavy atom. The highest BCUT2D eigenvalue weighted by Crippen LogP contribution is 2.23. The summed E-state index contributed by atoms with van der Waals surface area (Å²) in [6.45, 7) is 4.76. The van der Waals surface area contributed by atoms with E-state index >= 15 is 0 Å². The van der Waals surface area contributed by atoms with Crippen LogP contribution in [0, 0.1) is 5.82 Å². The predicted octanol–water partition coefficient (Wildman–Crippen LogP) is 3.57. The largest absolute Gasteiger partial charge is 0.439 e. The molecule has 2 heterocycles. The molecular formula is C21H24FN5O. The summed E-state index contributed by atoms with van der Waals surface area (Å²) in [5.41, 5.74) is 0.814. The maximum absolute atomic E-state index is 13.4. The molecule has 0 radical (unpaired) electrons. The number of rotatable bonds is 8. The molecule has 0 atom stereocenters. The van der Waals surface area contributed by atoms with Crippen molar-refractivity contribution in [2.24, 2.45) is 4.99 Å². The Hall–Kier alpha value is -3.35. The van der Waals surface area contributed by atoms with Crippen LogP contribution in [0.25, 0.3) is 0 Å². The van der Waals surface area contributed by atoms with Crippen molar-refractivity contribution in [3.63, 3.8) is 0 Å². The van der Waals surface area contributed by atoms with Crippen LogP contribution in [0.15, 0.2) is 72.1 Å². The zero-order valence-electron chi connectivity index (χ0n) is 15.8. The average molecular weight is 381 g/mol. The van der Waals surface area contributed by atoms with Crippen LogP contribution >= 0.6 is 0 Å². The molecule has 0 bridgehead atoms. The number of aliphatic imine (C=N–C) groups is 1. The van der Waals surface area contributed by atoms with Crippen LogP contribution < -0.4 is 15.4 Å². The van der Waals surface area contributed by atoms with E-state index in [0.29, 0.717) is 18.2 Å². The summed E-state index contributed by atoms with van der Waals surface area (Å²) < 4.78 is 21.2. The lowest BCUT2D eigenvalue weighted by Gasteiger charge is -2.13. The first kappa shape index (κ1) is 19.4. The van der Waals surface area contributed by atoms with Crippen LogP contribution in [0.5, 0.6) is 11.6 Å². The first-order valence-corrected chi connectivity index (χ1v) is 9.25. The molecule has 7 heteroatoms. The van der Waals surface area contributed by atoms with E-state index in [2.05, 4.69) is 25.2 Å². The van der Waals surface area contributed by atoms with E-state index in [0.717, 1.165) is 31.2 Å². The molecule has 28 heavy (non-hydrogen) atoms. The molecule has 0 fully saturated rings. The summed E-state index contributed by atoms with van der Waals surface area (Å²) in [6, 6.07) is 13.7. The number of halogens is 1. The first-order chi connectivity index (χ1) is 13.7.